The molecule has 6 nitrogen and oxygen atoms in total. The van der Waals surface area contributed by atoms with Crippen molar-refractivity contribution >= 4 is 20.0 Å². The van der Waals surface area contributed by atoms with Gasteiger partial charge in [-0.25, -0.2) is 27.1 Å². The van der Waals surface area contributed by atoms with E-state index in [2.05, 4.69) is 13.2 Å². The van der Waals surface area contributed by atoms with Gasteiger partial charge in [-0.1, -0.05) is 25.0 Å². The van der Waals surface area contributed by atoms with Gasteiger partial charge in [0.25, 0.3) is 0 Å². The zero-order chi connectivity index (χ0) is 18.4. The van der Waals surface area contributed by atoms with Gasteiger partial charge in [-0.05, 0) is 50.4 Å². The quantitative estimate of drug-likeness (QED) is 0.687. The number of hydrogen-bond acceptors (Lipinski definition) is 4. The predicted octanol–water partition coefficient (Wildman–Crippen LogP) is 2.04. The van der Waals surface area contributed by atoms with Crippen molar-refractivity contribution in [3.8, 4) is 0 Å². The Morgan fingerprint density at radius 1 is 0.750 bits per heavy atom. The average Bonchev–Trinajstić information content (AvgIpc) is 3.07. The molecule has 2 saturated carbocycles. The third kappa shape index (κ3) is 6.31. The van der Waals surface area contributed by atoms with Gasteiger partial charge in [0.15, 0.2) is 0 Å². The lowest BCUT2D eigenvalue weighted by atomic mass is 10.0. The SMILES string of the molecule is C=CC[C@@H]1CCC[C@H]1S(N)(=O)=O.C=CC[C@H]1CCC[C@@H]1S(N)(=O)=O. The summed E-state index contributed by atoms with van der Waals surface area (Å²) in [5.41, 5.74) is 0. The Kier molecular flexibility index (Phi) is 8.11. The first-order valence-corrected chi connectivity index (χ1v) is 11.6. The van der Waals surface area contributed by atoms with Crippen LogP contribution in [0, 0.1) is 11.8 Å². The Bertz CT molecular complexity index is 572. The molecule has 0 spiro atoms. The summed E-state index contributed by atoms with van der Waals surface area (Å²) in [6, 6.07) is 0. The number of nitrogens with two attached hydrogens (primary N) is 2. The van der Waals surface area contributed by atoms with E-state index in [-0.39, 0.29) is 22.3 Å². The molecule has 0 aromatic carbocycles. The van der Waals surface area contributed by atoms with Crippen molar-refractivity contribution < 1.29 is 16.8 Å². The van der Waals surface area contributed by atoms with Crippen LogP contribution in [0.2, 0.25) is 0 Å². The van der Waals surface area contributed by atoms with Crippen LogP contribution in [0.25, 0.3) is 0 Å². The van der Waals surface area contributed by atoms with Crippen LogP contribution in [0.3, 0.4) is 0 Å². The van der Waals surface area contributed by atoms with Gasteiger partial charge in [-0.15, -0.1) is 13.2 Å². The third-order valence-corrected chi connectivity index (χ3v) is 7.89. The fourth-order valence-corrected chi connectivity index (χ4v) is 6.40. The Labute approximate surface area is 146 Å². The fraction of sp³-hybridized carbons (Fsp3) is 0.750. The summed E-state index contributed by atoms with van der Waals surface area (Å²) in [7, 11) is -6.64. The van der Waals surface area contributed by atoms with Crippen molar-refractivity contribution in [2.24, 2.45) is 22.1 Å². The highest BCUT2D eigenvalue weighted by molar-refractivity contribution is 7.90. The molecular formula is C16H30N2O4S2. The summed E-state index contributed by atoms with van der Waals surface area (Å²) in [6.45, 7) is 7.21. The Hall–Kier alpha value is -0.700. The van der Waals surface area contributed by atoms with Crippen molar-refractivity contribution in [2.75, 3.05) is 0 Å². The van der Waals surface area contributed by atoms with E-state index in [1.165, 1.54) is 0 Å². The first-order chi connectivity index (χ1) is 11.1. The first-order valence-electron chi connectivity index (χ1n) is 8.36. The lowest BCUT2D eigenvalue weighted by Crippen LogP contribution is -2.31. The van der Waals surface area contributed by atoms with Crippen LogP contribution in [0.15, 0.2) is 25.3 Å². The molecule has 4 atom stereocenters. The average molecular weight is 379 g/mol. The van der Waals surface area contributed by atoms with Crippen LogP contribution in [-0.4, -0.2) is 27.3 Å². The number of allylic oxidation sites excluding steroid dienone is 2. The standard InChI is InChI=1S/2C8H15NO2S/c2*1-2-4-7-5-3-6-8(7)12(9,10)11/h2*2,7-8H,1,3-6H2,(H2,9,10,11)/t2*7-,8-/m10/s1. The van der Waals surface area contributed by atoms with Crippen LogP contribution in [0.5, 0.6) is 0 Å². The van der Waals surface area contributed by atoms with Crippen molar-refractivity contribution in [3.05, 3.63) is 25.3 Å². The summed E-state index contributed by atoms with van der Waals surface area (Å²) >= 11 is 0. The van der Waals surface area contributed by atoms with Gasteiger partial charge in [0, 0.05) is 0 Å². The van der Waals surface area contributed by atoms with Crippen molar-refractivity contribution in [2.45, 2.75) is 61.9 Å². The minimum absolute atomic E-state index is 0.206. The summed E-state index contributed by atoms with van der Waals surface area (Å²) < 4.78 is 44.2. The van der Waals surface area contributed by atoms with E-state index in [1.807, 2.05) is 0 Å². The molecule has 0 unspecified atom stereocenters. The summed E-state index contributed by atoms with van der Waals surface area (Å²) in [5, 5.41) is 9.55. The Morgan fingerprint density at radius 3 is 1.33 bits per heavy atom. The molecule has 140 valence electrons. The highest BCUT2D eigenvalue weighted by Crippen LogP contribution is 2.33. The van der Waals surface area contributed by atoms with Gasteiger partial charge in [0.1, 0.15) is 0 Å². The van der Waals surface area contributed by atoms with Crippen LogP contribution < -0.4 is 10.3 Å². The molecule has 0 aromatic rings. The second-order valence-electron chi connectivity index (χ2n) is 6.69. The van der Waals surface area contributed by atoms with Gasteiger partial charge in [-0.2, -0.15) is 0 Å². The van der Waals surface area contributed by atoms with Crippen LogP contribution >= 0.6 is 0 Å². The van der Waals surface area contributed by atoms with E-state index in [9.17, 15) is 16.8 Å². The zero-order valence-corrected chi connectivity index (χ0v) is 15.8. The molecule has 0 radical (unpaired) electrons. The van der Waals surface area contributed by atoms with Gasteiger partial charge >= 0.3 is 0 Å². The van der Waals surface area contributed by atoms with Gasteiger partial charge in [-0.3, -0.25) is 0 Å². The minimum Gasteiger partial charge on any atom is -0.228 e. The molecule has 2 aliphatic carbocycles. The molecule has 4 N–H and O–H groups in total. The van der Waals surface area contributed by atoms with Crippen LogP contribution in [0.1, 0.15) is 51.4 Å². The van der Waals surface area contributed by atoms with E-state index < -0.39 is 20.0 Å². The number of rotatable bonds is 6. The second-order valence-corrected chi connectivity index (χ2v) is 10.3. The molecule has 0 aliphatic heterocycles. The third-order valence-electron chi connectivity index (χ3n) is 4.96. The lowest BCUT2D eigenvalue weighted by molar-refractivity contribution is 0.521. The second kappa shape index (κ2) is 9.12. The van der Waals surface area contributed by atoms with Crippen molar-refractivity contribution in [3.63, 3.8) is 0 Å². The van der Waals surface area contributed by atoms with Crippen LogP contribution in [-0.2, 0) is 20.0 Å². The highest BCUT2D eigenvalue weighted by Gasteiger charge is 2.34. The smallest absolute Gasteiger partial charge is 0.212 e. The van der Waals surface area contributed by atoms with E-state index in [0.29, 0.717) is 0 Å². The van der Waals surface area contributed by atoms with Crippen molar-refractivity contribution in [1.82, 2.24) is 0 Å². The normalized spacial score (nSPS) is 30.4. The summed E-state index contributed by atoms with van der Waals surface area (Å²) in [4.78, 5) is 0. The Morgan fingerprint density at radius 2 is 1.08 bits per heavy atom. The van der Waals surface area contributed by atoms with Gasteiger partial charge < -0.3 is 0 Å². The maximum atomic E-state index is 11.1. The molecule has 8 heteroatoms. The molecule has 2 rings (SSSR count). The Balaban J connectivity index is 0.000000240. The molecule has 24 heavy (non-hydrogen) atoms. The number of sulfonamides is 2. The highest BCUT2D eigenvalue weighted by atomic mass is 32.2. The van der Waals surface area contributed by atoms with Gasteiger partial charge in [0.05, 0.1) is 10.5 Å². The van der Waals surface area contributed by atoms with Crippen LogP contribution in [0.4, 0.5) is 0 Å². The van der Waals surface area contributed by atoms with Crippen molar-refractivity contribution in [1.29, 1.82) is 0 Å². The largest absolute Gasteiger partial charge is 0.228 e. The van der Waals surface area contributed by atoms with E-state index >= 15 is 0 Å². The fourth-order valence-electron chi connectivity index (χ4n) is 3.84. The van der Waals surface area contributed by atoms with Gasteiger partial charge in [0.2, 0.25) is 20.0 Å². The topological polar surface area (TPSA) is 120 Å². The molecule has 0 aromatic heterocycles. The molecular weight excluding hydrogens is 348 g/mol. The van der Waals surface area contributed by atoms with E-state index in [0.717, 1.165) is 51.4 Å². The molecule has 0 amide bonds. The van der Waals surface area contributed by atoms with E-state index in [1.54, 1.807) is 12.2 Å². The number of hydrogen-bond donors (Lipinski definition) is 2. The maximum Gasteiger partial charge on any atom is 0.212 e. The molecule has 0 heterocycles. The summed E-state index contributed by atoms with van der Waals surface area (Å²) in [6.07, 6.45) is 10.4. The monoisotopic (exact) mass is 378 g/mol. The van der Waals surface area contributed by atoms with E-state index in [4.69, 9.17) is 10.3 Å². The summed E-state index contributed by atoms with van der Waals surface area (Å²) in [5.74, 6) is 0.412. The minimum atomic E-state index is -3.32. The molecule has 2 fully saturated rings. The zero-order valence-electron chi connectivity index (χ0n) is 14.1. The predicted molar refractivity (Wildman–Crippen MR) is 98.1 cm³/mol. The molecule has 0 bridgehead atoms. The lowest BCUT2D eigenvalue weighted by Gasteiger charge is -2.14. The number of primary sulfonamides is 2. The molecule has 0 saturated heterocycles. The maximum absolute atomic E-state index is 11.1. The first kappa shape index (κ1) is 21.3. The molecule has 2 aliphatic rings.